The van der Waals surface area contributed by atoms with Crippen molar-refractivity contribution in [1.29, 1.82) is 0 Å². The Labute approximate surface area is 134 Å². The predicted octanol–water partition coefficient (Wildman–Crippen LogP) is 1.43. The first-order valence-corrected chi connectivity index (χ1v) is 9.27. The van der Waals surface area contributed by atoms with Crippen LogP contribution >= 0.6 is 0 Å². The minimum absolute atomic E-state index is 0.0898. The number of amides is 1. The van der Waals surface area contributed by atoms with Gasteiger partial charge < -0.3 is 13.7 Å². The zero-order chi connectivity index (χ0) is 16.6. The lowest BCUT2D eigenvalue weighted by atomic mass is 10.2. The summed E-state index contributed by atoms with van der Waals surface area (Å²) in [6, 6.07) is 3.46. The topological polar surface area (TPSA) is 93.6 Å². The van der Waals surface area contributed by atoms with Gasteiger partial charge in [-0.05, 0) is 25.5 Å². The first-order chi connectivity index (χ1) is 10.8. The summed E-state index contributed by atoms with van der Waals surface area (Å²) >= 11 is 0. The van der Waals surface area contributed by atoms with Gasteiger partial charge in [-0.2, -0.15) is 0 Å². The van der Waals surface area contributed by atoms with E-state index in [1.54, 1.807) is 24.0 Å². The average molecular weight is 338 g/mol. The summed E-state index contributed by atoms with van der Waals surface area (Å²) in [6.07, 6.45) is 3.31. The molecule has 7 nitrogen and oxygen atoms in total. The van der Waals surface area contributed by atoms with E-state index in [1.165, 1.54) is 12.5 Å². The number of hydrogen-bond donors (Lipinski definition) is 0. The zero-order valence-corrected chi connectivity index (χ0v) is 13.8. The van der Waals surface area contributed by atoms with Crippen molar-refractivity contribution < 1.29 is 22.0 Å². The molecule has 1 aliphatic heterocycles. The van der Waals surface area contributed by atoms with Crippen molar-refractivity contribution in [3.8, 4) is 11.7 Å². The number of aryl methyl sites for hydroxylation is 1. The van der Waals surface area contributed by atoms with Gasteiger partial charge in [0, 0.05) is 19.3 Å². The molecule has 1 saturated heterocycles. The van der Waals surface area contributed by atoms with Gasteiger partial charge in [0.2, 0.25) is 5.91 Å². The van der Waals surface area contributed by atoms with Crippen LogP contribution in [0.3, 0.4) is 0 Å². The van der Waals surface area contributed by atoms with E-state index in [0.29, 0.717) is 36.1 Å². The van der Waals surface area contributed by atoms with Gasteiger partial charge in [0.1, 0.15) is 5.76 Å². The molecule has 8 heteroatoms. The molecule has 3 rings (SSSR count). The molecule has 1 amide bonds. The Balaban J connectivity index is 1.69. The summed E-state index contributed by atoms with van der Waals surface area (Å²) < 4.78 is 33.9. The molecule has 1 unspecified atom stereocenters. The number of furan rings is 1. The van der Waals surface area contributed by atoms with Gasteiger partial charge in [0.05, 0.1) is 23.6 Å². The number of rotatable bonds is 4. The molecule has 3 heterocycles. The van der Waals surface area contributed by atoms with E-state index in [9.17, 15) is 13.2 Å². The second-order valence-corrected chi connectivity index (χ2v) is 8.08. The van der Waals surface area contributed by atoms with Gasteiger partial charge in [-0.1, -0.05) is 0 Å². The van der Waals surface area contributed by atoms with E-state index in [2.05, 4.69) is 4.98 Å². The van der Waals surface area contributed by atoms with Crippen molar-refractivity contribution in [3.05, 3.63) is 29.9 Å². The summed E-state index contributed by atoms with van der Waals surface area (Å²) in [4.78, 5) is 18.2. The molecule has 2 aromatic heterocycles. The molecule has 0 saturated carbocycles. The van der Waals surface area contributed by atoms with Crippen molar-refractivity contribution in [2.75, 3.05) is 19.3 Å². The first kappa shape index (κ1) is 15.8. The largest absolute Gasteiger partial charge is 0.459 e. The molecule has 0 radical (unpaired) electrons. The monoisotopic (exact) mass is 338 g/mol. The summed E-state index contributed by atoms with van der Waals surface area (Å²) in [7, 11) is -3.12. The Morgan fingerprint density at radius 3 is 2.87 bits per heavy atom. The van der Waals surface area contributed by atoms with Crippen LogP contribution < -0.4 is 0 Å². The Morgan fingerprint density at radius 2 is 2.26 bits per heavy atom. The number of hydrogen-bond acceptors (Lipinski definition) is 6. The van der Waals surface area contributed by atoms with Crippen LogP contribution in [-0.4, -0.2) is 48.8 Å². The lowest BCUT2D eigenvalue weighted by Gasteiger charge is -2.15. The normalized spacial score (nSPS) is 18.5. The standard InChI is InChI=1S/C15H18N2O5S/c1-10-12(16-15(22-10)13-4-3-7-21-13)8-14(18)17-6-5-11(9-17)23(2,19)20/h3-4,7,11H,5-6,8-9H2,1-2H3. The summed E-state index contributed by atoms with van der Waals surface area (Å²) in [6.45, 7) is 2.45. The second kappa shape index (κ2) is 5.84. The van der Waals surface area contributed by atoms with E-state index in [-0.39, 0.29) is 18.9 Å². The van der Waals surface area contributed by atoms with Crippen LogP contribution in [0, 0.1) is 6.92 Å². The Kier molecular flexibility index (Phi) is 4.01. The van der Waals surface area contributed by atoms with Crippen molar-refractivity contribution in [2.45, 2.75) is 25.0 Å². The number of likely N-dealkylation sites (tertiary alicyclic amines) is 1. The molecule has 1 aliphatic rings. The fraction of sp³-hybridized carbons (Fsp3) is 0.467. The van der Waals surface area contributed by atoms with Gasteiger partial charge in [-0.25, -0.2) is 13.4 Å². The van der Waals surface area contributed by atoms with Crippen LogP contribution in [0.5, 0.6) is 0 Å². The van der Waals surface area contributed by atoms with Crippen molar-refractivity contribution in [3.63, 3.8) is 0 Å². The molecule has 0 aromatic carbocycles. The van der Waals surface area contributed by atoms with Gasteiger partial charge >= 0.3 is 0 Å². The maximum absolute atomic E-state index is 12.4. The van der Waals surface area contributed by atoms with Crippen LogP contribution in [0.2, 0.25) is 0 Å². The maximum atomic E-state index is 12.4. The molecule has 124 valence electrons. The summed E-state index contributed by atoms with van der Waals surface area (Å²) in [5.41, 5.74) is 0.546. The number of carbonyl (C=O) groups is 1. The molecule has 0 aliphatic carbocycles. The highest BCUT2D eigenvalue weighted by molar-refractivity contribution is 7.91. The minimum Gasteiger partial charge on any atom is -0.459 e. The lowest BCUT2D eigenvalue weighted by molar-refractivity contribution is -0.129. The number of nitrogens with zero attached hydrogens (tertiary/aromatic N) is 2. The summed E-state index contributed by atoms with van der Waals surface area (Å²) in [5.74, 6) is 1.26. The number of sulfone groups is 1. The fourth-order valence-corrected chi connectivity index (χ4v) is 3.64. The lowest BCUT2D eigenvalue weighted by Crippen LogP contribution is -2.32. The molecule has 0 spiro atoms. The van der Waals surface area contributed by atoms with E-state index >= 15 is 0 Å². The minimum atomic E-state index is -3.12. The third kappa shape index (κ3) is 3.31. The smallest absolute Gasteiger partial charge is 0.263 e. The highest BCUT2D eigenvalue weighted by atomic mass is 32.2. The van der Waals surface area contributed by atoms with Gasteiger partial charge in [-0.15, -0.1) is 0 Å². The SMILES string of the molecule is Cc1oc(-c2ccco2)nc1CC(=O)N1CCC(S(C)(=O)=O)C1. The molecule has 0 N–H and O–H groups in total. The Hall–Kier alpha value is -2.09. The Bertz CT molecular complexity index is 807. The van der Waals surface area contributed by atoms with Gasteiger partial charge in [0.25, 0.3) is 5.89 Å². The third-order valence-electron chi connectivity index (χ3n) is 4.05. The van der Waals surface area contributed by atoms with Crippen LogP contribution in [0.15, 0.2) is 27.2 Å². The van der Waals surface area contributed by atoms with E-state index < -0.39 is 15.1 Å². The fourth-order valence-electron chi connectivity index (χ4n) is 2.66. The quantitative estimate of drug-likeness (QED) is 0.837. The van der Waals surface area contributed by atoms with Crippen LogP contribution in [0.25, 0.3) is 11.7 Å². The molecule has 1 fully saturated rings. The van der Waals surface area contributed by atoms with Crippen LogP contribution in [0.4, 0.5) is 0 Å². The number of carbonyl (C=O) groups excluding carboxylic acids is 1. The Morgan fingerprint density at radius 1 is 1.48 bits per heavy atom. The maximum Gasteiger partial charge on any atom is 0.263 e. The van der Waals surface area contributed by atoms with E-state index in [0.717, 1.165) is 0 Å². The third-order valence-corrected chi connectivity index (χ3v) is 5.64. The van der Waals surface area contributed by atoms with Gasteiger partial charge in [-0.3, -0.25) is 4.79 Å². The number of oxazole rings is 1. The highest BCUT2D eigenvalue weighted by Crippen LogP contribution is 2.23. The van der Waals surface area contributed by atoms with Crippen molar-refractivity contribution >= 4 is 15.7 Å². The van der Waals surface area contributed by atoms with Crippen molar-refractivity contribution in [2.24, 2.45) is 0 Å². The molecule has 23 heavy (non-hydrogen) atoms. The molecule has 1 atom stereocenters. The summed E-state index contributed by atoms with van der Waals surface area (Å²) in [5, 5.41) is -0.469. The van der Waals surface area contributed by atoms with Crippen molar-refractivity contribution in [1.82, 2.24) is 9.88 Å². The molecular weight excluding hydrogens is 320 g/mol. The van der Waals surface area contributed by atoms with Crippen LogP contribution in [0.1, 0.15) is 17.9 Å². The van der Waals surface area contributed by atoms with E-state index in [4.69, 9.17) is 8.83 Å². The van der Waals surface area contributed by atoms with E-state index in [1.807, 2.05) is 0 Å². The molecular formula is C15H18N2O5S. The first-order valence-electron chi connectivity index (χ1n) is 7.31. The predicted molar refractivity (Wildman–Crippen MR) is 82.5 cm³/mol. The van der Waals surface area contributed by atoms with Gasteiger partial charge in [0.15, 0.2) is 15.6 Å². The second-order valence-electron chi connectivity index (χ2n) is 5.76. The van der Waals surface area contributed by atoms with Crippen LogP contribution in [-0.2, 0) is 21.1 Å². The number of aromatic nitrogens is 1. The molecule has 2 aromatic rings. The molecule has 0 bridgehead atoms. The average Bonchev–Trinajstić information content (AvgIpc) is 3.17. The zero-order valence-electron chi connectivity index (χ0n) is 13.0. The highest BCUT2D eigenvalue weighted by Gasteiger charge is 2.33.